The van der Waals surface area contributed by atoms with Crippen LogP contribution in [0.3, 0.4) is 0 Å². The van der Waals surface area contributed by atoms with Gasteiger partial charge in [0, 0.05) is 18.2 Å². The Balaban J connectivity index is 0.00000364. The highest BCUT2D eigenvalue weighted by Gasteiger charge is 2.13. The Morgan fingerprint density at radius 3 is 2.56 bits per heavy atom. The average molecular weight is 491 g/mol. The van der Waals surface area contributed by atoms with Crippen LogP contribution in [0.2, 0.25) is 0 Å². The number of hydrogen-bond acceptors (Lipinski definition) is 3. The summed E-state index contributed by atoms with van der Waals surface area (Å²) in [7, 11) is 1.48. The van der Waals surface area contributed by atoms with Gasteiger partial charge in [-0.3, -0.25) is 0 Å². The topological polar surface area (TPSA) is 65.9 Å². The molecule has 3 N–H and O–H groups in total. The van der Waals surface area contributed by atoms with Crippen molar-refractivity contribution in [3.63, 3.8) is 0 Å². The second-order valence-corrected chi connectivity index (χ2v) is 5.73. The Morgan fingerprint density at radius 1 is 1.22 bits per heavy atom. The summed E-state index contributed by atoms with van der Waals surface area (Å²) in [5.74, 6) is -0.304. The molecule has 2 aromatic carbocycles. The molecule has 0 aromatic heterocycles. The summed E-state index contributed by atoms with van der Waals surface area (Å²) in [6, 6.07) is 8.13. The van der Waals surface area contributed by atoms with Gasteiger partial charge in [0.25, 0.3) is 0 Å². The molecule has 27 heavy (non-hydrogen) atoms. The first-order valence-electron chi connectivity index (χ1n) is 8.30. The number of guanidine groups is 1. The number of nitrogens with one attached hydrogen (secondary N) is 2. The first-order chi connectivity index (χ1) is 12.4. The van der Waals surface area contributed by atoms with E-state index >= 15 is 0 Å². The number of ether oxygens (including phenoxy) is 1. The van der Waals surface area contributed by atoms with Gasteiger partial charge < -0.3 is 20.5 Å². The number of nitrogens with zero attached hydrogens (tertiary/aromatic N) is 1. The number of halogens is 3. The van der Waals surface area contributed by atoms with Crippen molar-refractivity contribution >= 4 is 29.9 Å². The van der Waals surface area contributed by atoms with Crippen molar-refractivity contribution in [2.75, 3.05) is 13.7 Å². The van der Waals surface area contributed by atoms with Gasteiger partial charge in [0.1, 0.15) is 11.6 Å². The van der Waals surface area contributed by atoms with E-state index in [4.69, 9.17) is 4.74 Å². The van der Waals surface area contributed by atoms with E-state index in [1.54, 1.807) is 25.1 Å². The van der Waals surface area contributed by atoms with Gasteiger partial charge in [-0.15, -0.1) is 24.0 Å². The average Bonchev–Trinajstić information content (AvgIpc) is 2.59. The van der Waals surface area contributed by atoms with E-state index in [-0.39, 0.29) is 29.7 Å². The van der Waals surface area contributed by atoms with Crippen LogP contribution in [0.1, 0.15) is 31.0 Å². The molecule has 0 aliphatic heterocycles. The van der Waals surface area contributed by atoms with E-state index in [1.165, 1.54) is 19.2 Å². The van der Waals surface area contributed by atoms with Crippen LogP contribution >= 0.6 is 24.0 Å². The zero-order valence-corrected chi connectivity index (χ0v) is 17.8. The zero-order chi connectivity index (χ0) is 19.1. The Hall–Kier alpha value is -2.10. The molecule has 0 spiro atoms. The van der Waals surface area contributed by atoms with Crippen LogP contribution in [0.25, 0.3) is 0 Å². The molecule has 0 saturated heterocycles. The summed E-state index contributed by atoms with van der Waals surface area (Å²) in [5.41, 5.74) is 1.14. The van der Waals surface area contributed by atoms with Gasteiger partial charge in [0.2, 0.25) is 0 Å². The molecule has 2 aromatic rings. The molecule has 1 unspecified atom stereocenters. The third kappa shape index (κ3) is 6.53. The maximum Gasteiger partial charge on any atom is 0.192 e. The lowest BCUT2D eigenvalue weighted by molar-refractivity contribution is 0.373. The first kappa shape index (κ1) is 22.9. The second-order valence-electron chi connectivity index (χ2n) is 5.73. The molecule has 0 fully saturated rings. The summed E-state index contributed by atoms with van der Waals surface area (Å²) >= 11 is 0. The second kappa shape index (κ2) is 10.9. The molecule has 2 rings (SSSR count). The largest absolute Gasteiger partial charge is 0.504 e. The van der Waals surface area contributed by atoms with Gasteiger partial charge in [-0.25, -0.2) is 13.8 Å². The van der Waals surface area contributed by atoms with Gasteiger partial charge >= 0.3 is 0 Å². The van der Waals surface area contributed by atoms with E-state index in [0.29, 0.717) is 30.4 Å². The molecule has 0 amide bonds. The molecule has 0 saturated carbocycles. The van der Waals surface area contributed by atoms with Crippen molar-refractivity contribution in [3.8, 4) is 11.5 Å². The number of phenols is 1. The summed E-state index contributed by atoms with van der Waals surface area (Å²) in [6.45, 7) is 4.62. The zero-order valence-electron chi connectivity index (χ0n) is 15.4. The minimum absolute atomic E-state index is 0. The Morgan fingerprint density at radius 2 is 1.96 bits per heavy atom. The molecule has 148 valence electrons. The van der Waals surface area contributed by atoms with Gasteiger partial charge in [0.05, 0.1) is 19.7 Å². The fraction of sp³-hybridized carbons (Fsp3) is 0.316. The van der Waals surface area contributed by atoms with Crippen LogP contribution < -0.4 is 15.4 Å². The van der Waals surface area contributed by atoms with Crippen molar-refractivity contribution < 1.29 is 18.6 Å². The van der Waals surface area contributed by atoms with Crippen LogP contribution in [0.4, 0.5) is 8.78 Å². The molecule has 0 heterocycles. The summed E-state index contributed by atoms with van der Waals surface area (Å²) in [4.78, 5) is 4.44. The minimum Gasteiger partial charge on any atom is -0.504 e. The molecule has 0 aliphatic carbocycles. The van der Waals surface area contributed by atoms with E-state index < -0.39 is 17.7 Å². The normalized spacial score (nSPS) is 12.1. The number of methoxy groups -OCH3 is 1. The number of benzene rings is 2. The van der Waals surface area contributed by atoms with Crippen molar-refractivity contribution in [1.82, 2.24) is 10.6 Å². The third-order valence-electron chi connectivity index (χ3n) is 3.79. The van der Waals surface area contributed by atoms with Crippen LogP contribution in [-0.4, -0.2) is 24.7 Å². The Bertz CT molecular complexity index is 788. The third-order valence-corrected chi connectivity index (χ3v) is 3.79. The Kier molecular flexibility index (Phi) is 9.27. The van der Waals surface area contributed by atoms with Gasteiger partial charge in [-0.2, -0.15) is 0 Å². The summed E-state index contributed by atoms with van der Waals surface area (Å²) < 4.78 is 32.0. The van der Waals surface area contributed by atoms with E-state index in [1.807, 2.05) is 6.92 Å². The number of phenolic OH excluding ortho intramolecular Hbond substituents is 1. The van der Waals surface area contributed by atoms with Crippen LogP contribution in [0.15, 0.2) is 41.4 Å². The predicted molar refractivity (Wildman–Crippen MR) is 113 cm³/mol. The lowest BCUT2D eigenvalue weighted by atomic mass is 10.1. The lowest BCUT2D eigenvalue weighted by Crippen LogP contribution is -2.39. The van der Waals surface area contributed by atoms with Crippen LogP contribution in [0.5, 0.6) is 11.5 Å². The molecular weight excluding hydrogens is 467 g/mol. The molecular formula is C19H24F2IN3O2. The highest BCUT2D eigenvalue weighted by Crippen LogP contribution is 2.26. The SMILES string of the molecule is CCNC(=NCc1ccc(OC)c(O)c1)NC(C)c1ccc(F)cc1F.I. The smallest absolute Gasteiger partial charge is 0.192 e. The van der Waals surface area contributed by atoms with Gasteiger partial charge in [-0.05, 0) is 37.6 Å². The molecule has 0 radical (unpaired) electrons. The monoisotopic (exact) mass is 491 g/mol. The number of hydrogen-bond donors (Lipinski definition) is 3. The first-order valence-corrected chi connectivity index (χ1v) is 8.30. The molecule has 0 bridgehead atoms. The maximum absolute atomic E-state index is 13.9. The van der Waals surface area contributed by atoms with Gasteiger partial charge in [0.15, 0.2) is 17.5 Å². The predicted octanol–water partition coefficient (Wildman–Crippen LogP) is 4.11. The van der Waals surface area contributed by atoms with Crippen molar-refractivity contribution in [2.24, 2.45) is 4.99 Å². The molecule has 8 heteroatoms. The highest BCUT2D eigenvalue weighted by molar-refractivity contribution is 14.0. The molecule has 1 atom stereocenters. The standard InChI is InChI=1S/C19H23F2N3O2.HI/c1-4-22-19(23-11-13-5-8-18(26-3)17(25)9-13)24-12(2)15-7-6-14(20)10-16(15)21;/h5-10,12,25H,4,11H2,1-3H3,(H2,22,23,24);1H. The van der Waals surface area contributed by atoms with Crippen LogP contribution in [0, 0.1) is 11.6 Å². The fourth-order valence-corrected chi connectivity index (χ4v) is 2.46. The van der Waals surface area contributed by atoms with Crippen molar-refractivity contribution in [1.29, 1.82) is 0 Å². The van der Waals surface area contributed by atoms with Crippen molar-refractivity contribution in [2.45, 2.75) is 26.4 Å². The fourth-order valence-electron chi connectivity index (χ4n) is 2.46. The molecule has 5 nitrogen and oxygen atoms in total. The number of rotatable bonds is 6. The Labute approximate surface area is 174 Å². The van der Waals surface area contributed by atoms with E-state index in [2.05, 4.69) is 15.6 Å². The highest BCUT2D eigenvalue weighted by atomic mass is 127. The van der Waals surface area contributed by atoms with Crippen LogP contribution in [-0.2, 0) is 6.54 Å². The summed E-state index contributed by atoms with van der Waals surface area (Å²) in [6.07, 6.45) is 0. The van der Waals surface area contributed by atoms with E-state index in [0.717, 1.165) is 11.6 Å². The summed E-state index contributed by atoms with van der Waals surface area (Å²) in [5, 5.41) is 16.0. The molecule has 0 aliphatic rings. The maximum atomic E-state index is 13.9. The number of aliphatic imine (C=N–C) groups is 1. The quantitative estimate of drug-likeness (QED) is 0.323. The lowest BCUT2D eigenvalue weighted by Gasteiger charge is -2.18. The number of aromatic hydroxyl groups is 1. The van der Waals surface area contributed by atoms with Gasteiger partial charge in [-0.1, -0.05) is 12.1 Å². The van der Waals surface area contributed by atoms with Crippen molar-refractivity contribution in [3.05, 3.63) is 59.2 Å². The van der Waals surface area contributed by atoms with E-state index in [9.17, 15) is 13.9 Å². The minimum atomic E-state index is -0.613.